The Morgan fingerprint density at radius 2 is 2.12 bits per heavy atom. The van der Waals surface area contributed by atoms with Crippen molar-refractivity contribution >= 4 is 0 Å². The quantitative estimate of drug-likeness (QED) is 0.833. The fourth-order valence-electron chi connectivity index (χ4n) is 2.47. The van der Waals surface area contributed by atoms with Gasteiger partial charge in [0.25, 0.3) is 0 Å². The number of likely N-dealkylation sites (tertiary alicyclic amines) is 1. The first-order chi connectivity index (χ1) is 8.20. The first-order valence-corrected chi connectivity index (χ1v) is 6.41. The molecule has 1 heterocycles. The molecule has 1 saturated heterocycles. The SMILES string of the molecule is CC1CCCN1CC(O)c1ccc(CN)cc1. The molecule has 1 aliphatic rings. The standard InChI is InChI=1S/C14H22N2O/c1-11-3-2-8-16(11)10-14(17)13-6-4-12(9-15)5-7-13/h4-7,11,14,17H,2-3,8-10,15H2,1H3. The molecule has 1 aromatic carbocycles. The van der Waals surface area contributed by atoms with E-state index in [2.05, 4.69) is 11.8 Å². The predicted octanol–water partition coefficient (Wildman–Crippen LogP) is 1.66. The third-order valence-electron chi connectivity index (χ3n) is 3.70. The zero-order valence-electron chi connectivity index (χ0n) is 10.5. The van der Waals surface area contributed by atoms with E-state index in [1.54, 1.807) is 0 Å². The van der Waals surface area contributed by atoms with Crippen LogP contribution >= 0.6 is 0 Å². The number of aliphatic hydroxyl groups is 1. The molecule has 1 aliphatic heterocycles. The molecule has 1 fully saturated rings. The van der Waals surface area contributed by atoms with Crippen LogP contribution in [0.5, 0.6) is 0 Å². The summed E-state index contributed by atoms with van der Waals surface area (Å²) in [5.74, 6) is 0. The van der Waals surface area contributed by atoms with Crippen LogP contribution < -0.4 is 5.73 Å². The van der Waals surface area contributed by atoms with Crippen molar-refractivity contribution in [2.45, 2.75) is 38.5 Å². The average molecular weight is 234 g/mol. The van der Waals surface area contributed by atoms with E-state index >= 15 is 0 Å². The minimum absolute atomic E-state index is 0.387. The molecule has 2 rings (SSSR count). The summed E-state index contributed by atoms with van der Waals surface area (Å²) in [6.45, 7) is 4.64. The maximum absolute atomic E-state index is 10.2. The topological polar surface area (TPSA) is 49.5 Å². The maximum Gasteiger partial charge on any atom is 0.0917 e. The van der Waals surface area contributed by atoms with Crippen molar-refractivity contribution < 1.29 is 5.11 Å². The van der Waals surface area contributed by atoms with Gasteiger partial charge >= 0.3 is 0 Å². The number of nitrogens with zero attached hydrogens (tertiary/aromatic N) is 1. The Labute approximate surface area is 103 Å². The Morgan fingerprint density at radius 3 is 2.65 bits per heavy atom. The molecular weight excluding hydrogens is 212 g/mol. The molecule has 0 saturated carbocycles. The molecule has 0 amide bonds. The highest BCUT2D eigenvalue weighted by molar-refractivity contribution is 5.24. The van der Waals surface area contributed by atoms with Gasteiger partial charge in [-0.15, -0.1) is 0 Å². The number of β-amino-alcohol motifs (C(OH)–C–C–N with tert-alkyl or cyclic N) is 1. The van der Waals surface area contributed by atoms with Crippen LogP contribution in [0.4, 0.5) is 0 Å². The van der Waals surface area contributed by atoms with Crippen LogP contribution in [0.25, 0.3) is 0 Å². The molecule has 0 radical (unpaired) electrons. The van der Waals surface area contributed by atoms with Crippen molar-refractivity contribution in [2.24, 2.45) is 5.73 Å². The third-order valence-corrected chi connectivity index (χ3v) is 3.70. The summed E-state index contributed by atoms with van der Waals surface area (Å²) < 4.78 is 0. The van der Waals surface area contributed by atoms with Crippen LogP contribution in [-0.4, -0.2) is 29.1 Å². The van der Waals surface area contributed by atoms with E-state index in [0.29, 0.717) is 12.6 Å². The number of hydrogen-bond donors (Lipinski definition) is 2. The summed E-state index contributed by atoms with van der Waals surface area (Å²) in [6, 6.07) is 8.55. The van der Waals surface area contributed by atoms with Crippen molar-refractivity contribution in [3.63, 3.8) is 0 Å². The Bertz CT molecular complexity index is 350. The molecule has 2 atom stereocenters. The first kappa shape index (κ1) is 12.6. The Kier molecular flexibility index (Phi) is 4.15. The first-order valence-electron chi connectivity index (χ1n) is 6.41. The molecule has 2 unspecified atom stereocenters. The van der Waals surface area contributed by atoms with Gasteiger partial charge in [-0.2, -0.15) is 0 Å². The van der Waals surface area contributed by atoms with Crippen molar-refractivity contribution in [3.8, 4) is 0 Å². The highest BCUT2D eigenvalue weighted by Crippen LogP contribution is 2.21. The summed E-state index contributed by atoms with van der Waals surface area (Å²) in [7, 11) is 0. The van der Waals surface area contributed by atoms with Gasteiger partial charge in [0.2, 0.25) is 0 Å². The van der Waals surface area contributed by atoms with Gasteiger partial charge < -0.3 is 10.8 Å². The lowest BCUT2D eigenvalue weighted by molar-refractivity contribution is 0.110. The fraction of sp³-hybridized carbons (Fsp3) is 0.571. The van der Waals surface area contributed by atoms with Crippen molar-refractivity contribution in [1.82, 2.24) is 4.90 Å². The highest BCUT2D eigenvalue weighted by atomic mass is 16.3. The van der Waals surface area contributed by atoms with Crippen molar-refractivity contribution in [3.05, 3.63) is 35.4 Å². The normalized spacial score (nSPS) is 22.9. The second-order valence-electron chi connectivity index (χ2n) is 4.95. The number of aliphatic hydroxyl groups excluding tert-OH is 1. The smallest absolute Gasteiger partial charge is 0.0917 e. The van der Waals surface area contributed by atoms with Gasteiger partial charge in [0, 0.05) is 19.1 Å². The molecule has 0 spiro atoms. The molecular formula is C14H22N2O. The number of benzene rings is 1. The van der Waals surface area contributed by atoms with E-state index in [9.17, 15) is 5.11 Å². The summed E-state index contributed by atoms with van der Waals surface area (Å²) in [5, 5.41) is 10.2. The summed E-state index contributed by atoms with van der Waals surface area (Å²) in [5.41, 5.74) is 7.65. The molecule has 94 valence electrons. The van der Waals surface area contributed by atoms with E-state index in [-0.39, 0.29) is 6.10 Å². The van der Waals surface area contributed by atoms with Gasteiger partial charge in [0.1, 0.15) is 0 Å². The third kappa shape index (κ3) is 3.06. The van der Waals surface area contributed by atoms with Crippen LogP contribution in [-0.2, 0) is 6.54 Å². The Balaban J connectivity index is 1.96. The van der Waals surface area contributed by atoms with Crippen LogP contribution in [0.1, 0.15) is 37.0 Å². The molecule has 0 aliphatic carbocycles. The molecule has 3 N–H and O–H groups in total. The number of rotatable bonds is 4. The van der Waals surface area contributed by atoms with Crippen LogP contribution in [0.2, 0.25) is 0 Å². The molecule has 3 nitrogen and oxygen atoms in total. The molecule has 1 aromatic rings. The number of hydrogen-bond acceptors (Lipinski definition) is 3. The maximum atomic E-state index is 10.2. The van der Waals surface area contributed by atoms with Gasteiger partial charge in [-0.1, -0.05) is 24.3 Å². The van der Waals surface area contributed by atoms with E-state index < -0.39 is 0 Å². The molecule has 0 bridgehead atoms. The second kappa shape index (κ2) is 5.63. The van der Waals surface area contributed by atoms with Crippen LogP contribution in [0.15, 0.2) is 24.3 Å². The van der Waals surface area contributed by atoms with E-state index in [1.165, 1.54) is 12.8 Å². The lowest BCUT2D eigenvalue weighted by atomic mass is 10.1. The largest absolute Gasteiger partial charge is 0.387 e. The molecule has 17 heavy (non-hydrogen) atoms. The van der Waals surface area contributed by atoms with Crippen LogP contribution in [0.3, 0.4) is 0 Å². The summed E-state index contributed by atoms with van der Waals surface area (Å²) in [4.78, 5) is 2.36. The zero-order chi connectivity index (χ0) is 12.3. The van der Waals surface area contributed by atoms with Crippen molar-refractivity contribution in [2.75, 3.05) is 13.1 Å². The zero-order valence-corrected chi connectivity index (χ0v) is 10.5. The van der Waals surface area contributed by atoms with Crippen molar-refractivity contribution in [1.29, 1.82) is 0 Å². The molecule has 0 aromatic heterocycles. The van der Waals surface area contributed by atoms with Gasteiger partial charge in [-0.3, -0.25) is 4.90 Å². The Morgan fingerprint density at radius 1 is 1.41 bits per heavy atom. The van der Waals surface area contributed by atoms with Gasteiger partial charge in [-0.25, -0.2) is 0 Å². The summed E-state index contributed by atoms with van der Waals surface area (Å²) in [6.07, 6.45) is 2.11. The number of nitrogens with two attached hydrogens (primary N) is 1. The minimum atomic E-state index is -0.387. The second-order valence-corrected chi connectivity index (χ2v) is 4.95. The molecule has 3 heteroatoms. The van der Waals surface area contributed by atoms with Gasteiger partial charge in [-0.05, 0) is 37.4 Å². The summed E-state index contributed by atoms with van der Waals surface area (Å²) >= 11 is 0. The van der Waals surface area contributed by atoms with Gasteiger partial charge in [0.15, 0.2) is 0 Å². The van der Waals surface area contributed by atoms with E-state index in [0.717, 1.165) is 24.2 Å². The van der Waals surface area contributed by atoms with Gasteiger partial charge in [0.05, 0.1) is 6.10 Å². The van der Waals surface area contributed by atoms with E-state index in [1.807, 2.05) is 24.3 Å². The van der Waals surface area contributed by atoms with Crippen LogP contribution in [0, 0.1) is 0 Å². The Hall–Kier alpha value is -0.900. The monoisotopic (exact) mass is 234 g/mol. The average Bonchev–Trinajstić information content (AvgIpc) is 2.75. The highest BCUT2D eigenvalue weighted by Gasteiger charge is 2.22. The lowest BCUT2D eigenvalue weighted by Crippen LogP contribution is -2.31. The predicted molar refractivity (Wildman–Crippen MR) is 69.6 cm³/mol. The van der Waals surface area contributed by atoms with E-state index in [4.69, 9.17) is 5.73 Å². The fourth-order valence-corrected chi connectivity index (χ4v) is 2.47. The minimum Gasteiger partial charge on any atom is -0.387 e. The lowest BCUT2D eigenvalue weighted by Gasteiger charge is -2.24.